The summed E-state index contributed by atoms with van der Waals surface area (Å²) in [5.74, 6) is -0.691. The zero-order chi connectivity index (χ0) is 17.9. The number of thioether (sulfide) groups is 1. The molecule has 0 bridgehead atoms. The lowest BCUT2D eigenvalue weighted by Gasteiger charge is -2.25. The molecule has 2 rings (SSSR count). The number of hydrogen-bond acceptors (Lipinski definition) is 3. The molecule has 1 aromatic rings. The van der Waals surface area contributed by atoms with Crippen molar-refractivity contribution < 1.29 is 22.8 Å². The summed E-state index contributed by atoms with van der Waals surface area (Å²) >= 11 is 1.11. The number of alkyl halides is 3. The second-order valence-electron chi connectivity index (χ2n) is 5.77. The molecule has 2 atom stereocenters. The monoisotopic (exact) mass is 360 g/mol. The maximum Gasteiger partial charge on any atom is 0.416 e. The van der Waals surface area contributed by atoms with Gasteiger partial charge in [0.2, 0.25) is 11.8 Å². The summed E-state index contributed by atoms with van der Waals surface area (Å²) in [7, 11) is 0. The van der Waals surface area contributed by atoms with Crippen molar-refractivity contribution in [3.8, 4) is 0 Å². The normalized spacial score (nSPS) is 18.5. The van der Waals surface area contributed by atoms with E-state index in [1.54, 1.807) is 0 Å². The minimum atomic E-state index is -4.46. The zero-order valence-electron chi connectivity index (χ0n) is 13.4. The predicted octanol–water partition coefficient (Wildman–Crippen LogP) is 3.81. The molecule has 2 amide bonds. The van der Waals surface area contributed by atoms with Crippen LogP contribution in [-0.2, 0) is 15.8 Å². The van der Waals surface area contributed by atoms with Crippen molar-refractivity contribution in [3.63, 3.8) is 0 Å². The van der Waals surface area contributed by atoms with Crippen LogP contribution >= 0.6 is 11.8 Å². The average molecular weight is 360 g/mol. The van der Waals surface area contributed by atoms with Crippen molar-refractivity contribution >= 4 is 29.3 Å². The first-order valence-electron chi connectivity index (χ1n) is 7.68. The van der Waals surface area contributed by atoms with Crippen LogP contribution in [0.3, 0.4) is 0 Å². The Balaban J connectivity index is 2.05. The number of hydrogen-bond donors (Lipinski definition) is 2. The minimum Gasteiger partial charge on any atom is -0.354 e. The van der Waals surface area contributed by atoms with E-state index in [2.05, 4.69) is 10.6 Å². The topological polar surface area (TPSA) is 58.2 Å². The molecular weight excluding hydrogens is 341 g/mol. The van der Waals surface area contributed by atoms with Crippen LogP contribution in [0.5, 0.6) is 0 Å². The van der Waals surface area contributed by atoms with Crippen molar-refractivity contribution in [1.82, 2.24) is 5.32 Å². The van der Waals surface area contributed by atoms with Gasteiger partial charge in [-0.25, -0.2) is 0 Å². The van der Waals surface area contributed by atoms with Gasteiger partial charge in [-0.15, -0.1) is 11.8 Å². The van der Waals surface area contributed by atoms with Gasteiger partial charge in [-0.3, -0.25) is 9.59 Å². The lowest BCUT2D eigenvalue weighted by atomic mass is 10.1. The van der Waals surface area contributed by atoms with E-state index in [1.165, 1.54) is 6.07 Å². The molecule has 4 nitrogen and oxygen atoms in total. The molecular formula is C16H19F3N2O2S. The van der Waals surface area contributed by atoms with E-state index >= 15 is 0 Å². The molecule has 24 heavy (non-hydrogen) atoms. The summed E-state index contributed by atoms with van der Waals surface area (Å²) in [6.45, 7) is 3.91. The highest BCUT2D eigenvalue weighted by atomic mass is 32.2. The minimum absolute atomic E-state index is 0.00891. The molecule has 0 fully saturated rings. The third-order valence-electron chi connectivity index (χ3n) is 3.63. The SMILES string of the molecule is CCCC(C)NC(=O)CC1Sc2ccc(C(F)(F)F)cc2NC1=O. The molecule has 2 unspecified atom stereocenters. The molecule has 1 aliphatic rings. The molecule has 0 saturated carbocycles. The van der Waals surface area contributed by atoms with Crippen LogP contribution in [0.2, 0.25) is 0 Å². The maximum absolute atomic E-state index is 12.7. The molecule has 0 saturated heterocycles. The second-order valence-corrected chi connectivity index (χ2v) is 7.01. The lowest BCUT2D eigenvalue weighted by molar-refractivity contribution is -0.137. The van der Waals surface area contributed by atoms with Gasteiger partial charge < -0.3 is 10.6 Å². The van der Waals surface area contributed by atoms with Gasteiger partial charge in [0.1, 0.15) is 0 Å². The fourth-order valence-corrected chi connectivity index (χ4v) is 3.56. The highest BCUT2D eigenvalue weighted by Crippen LogP contribution is 2.40. The number of benzene rings is 1. The lowest BCUT2D eigenvalue weighted by Crippen LogP contribution is -2.38. The largest absolute Gasteiger partial charge is 0.416 e. The molecule has 2 N–H and O–H groups in total. The highest BCUT2D eigenvalue weighted by molar-refractivity contribution is 8.01. The number of anilines is 1. The van der Waals surface area contributed by atoms with Crippen LogP contribution in [0.1, 0.15) is 38.7 Å². The zero-order valence-corrected chi connectivity index (χ0v) is 14.2. The van der Waals surface area contributed by atoms with Gasteiger partial charge in [0.05, 0.1) is 16.5 Å². The maximum atomic E-state index is 12.7. The number of rotatable bonds is 5. The van der Waals surface area contributed by atoms with E-state index in [4.69, 9.17) is 0 Å². The van der Waals surface area contributed by atoms with Crippen LogP contribution < -0.4 is 10.6 Å². The first-order chi connectivity index (χ1) is 11.2. The summed E-state index contributed by atoms with van der Waals surface area (Å²) in [6.07, 6.45) is -2.69. The molecule has 0 spiro atoms. The van der Waals surface area contributed by atoms with Crippen molar-refractivity contribution in [2.45, 2.75) is 55.5 Å². The summed E-state index contributed by atoms with van der Waals surface area (Å²) < 4.78 is 38.1. The predicted molar refractivity (Wildman–Crippen MR) is 86.8 cm³/mol. The molecule has 0 aromatic heterocycles. The summed E-state index contributed by atoms with van der Waals surface area (Å²) in [4.78, 5) is 24.6. The van der Waals surface area contributed by atoms with E-state index in [0.29, 0.717) is 4.90 Å². The first-order valence-corrected chi connectivity index (χ1v) is 8.56. The fourth-order valence-electron chi connectivity index (χ4n) is 2.47. The Hall–Kier alpha value is -1.70. The van der Waals surface area contributed by atoms with Crippen LogP contribution in [0.4, 0.5) is 18.9 Å². The fraction of sp³-hybridized carbons (Fsp3) is 0.500. The van der Waals surface area contributed by atoms with Crippen LogP contribution in [0.25, 0.3) is 0 Å². The Labute approximate surface area is 142 Å². The van der Waals surface area contributed by atoms with Gasteiger partial charge in [-0.05, 0) is 31.5 Å². The molecule has 0 radical (unpaired) electrons. The van der Waals surface area contributed by atoms with E-state index < -0.39 is 22.9 Å². The Morgan fingerprint density at radius 3 is 2.75 bits per heavy atom. The number of carbonyl (C=O) groups is 2. The van der Waals surface area contributed by atoms with Gasteiger partial charge in [-0.2, -0.15) is 13.2 Å². The average Bonchev–Trinajstić information content (AvgIpc) is 2.46. The Morgan fingerprint density at radius 2 is 2.12 bits per heavy atom. The Kier molecular flexibility index (Phi) is 5.79. The van der Waals surface area contributed by atoms with Gasteiger partial charge in [0.15, 0.2) is 0 Å². The van der Waals surface area contributed by atoms with Crippen molar-refractivity contribution in [2.75, 3.05) is 5.32 Å². The molecule has 1 heterocycles. The number of fused-ring (bicyclic) bond motifs is 1. The van der Waals surface area contributed by atoms with Gasteiger partial charge in [0, 0.05) is 17.4 Å². The number of nitrogens with one attached hydrogen (secondary N) is 2. The van der Waals surface area contributed by atoms with Crippen LogP contribution in [-0.4, -0.2) is 23.1 Å². The standard InChI is InChI=1S/C16H19F3N2O2S/c1-3-4-9(2)20-14(22)8-13-15(23)21-11-7-10(16(17,18)19)5-6-12(11)24-13/h5-7,9,13H,3-4,8H2,1-2H3,(H,20,22)(H,21,23). The highest BCUT2D eigenvalue weighted by Gasteiger charge is 2.34. The molecule has 1 aliphatic heterocycles. The molecule has 1 aromatic carbocycles. The van der Waals surface area contributed by atoms with Crippen molar-refractivity contribution in [1.29, 1.82) is 0 Å². The van der Waals surface area contributed by atoms with E-state index in [0.717, 1.165) is 36.7 Å². The van der Waals surface area contributed by atoms with Gasteiger partial charge in [0.25, 0.3) is 0 Å². The number of halogens is 3. The molecule has 0 aliphatic carbocycles. The van der Waals surface area contributed by atoms with Crippen molar-refractivity contribution in [3.05, 3.63) is 23.8 Å². The van der Waals surface area contributed by atoms with E-state index in [9.17, 15) is 22.8 Å². The molecule has 8 heteroatoms. The third-order valence-corrected chi connectivity index (χ3v) is 4.90. The first kappa shape index (κ1) is 18.6. The Bertz CT molecular complexity index is 634. The smallest absolute Gasteiger partial charge is 0.354 e. The van der Waals surface area contributed by atoms with E-state index in [1.807, 2.05) is 13.8 Å². The summed E-state index contributed by atoms with van der Waals surface area (Å²) in [6, 6.07) is 3.25. The summed E-state index contributed by atoms with van der Waals surface area (Å²) in [5.41, 5.74) is -0.678. The number of carbonyl (C=O) groups excluding carboxylic acids is 2. The summed E-state index contributed by atoms with van der Waals surface area (Å²) in [5, 5.41) is 4.64. The quantitative estimate of drug-likeness (QED) is 0.839. The Morgan fingerprint density at radius 1 is 1.42 bits per heavy atom. The number of amides is 2. The van der Waals surface area contributed by atoms with E-state index in [-0.39, 0.29) is 24.1 Å². The van der Waals surface area contributed by atoms with Crippen LogP contribution in [0.15, 0.2) is 23.1 Å². The van der Waals surface area contributed by atoms with Gasteiger partial charge in [-0.1, -0.05) is 13.3 Å². The van der Waals surface area contributed by atoms with Gasteiger partial charge >= 0.3 is 6.18 Å². The van der Waals surface area contributed by atoms with Crippen LogP contribution in [0, 0.1) is 0 Å². The third kappa shape index (κ3) is 4.66. The molecule has 132 valence electrons. The van der Waals surface area contributed by atoms with Crippen molar-refractivity contribution in [2.24, 2.45) is 0 Å². The second kappa shape index (κ2) is 7.46.